The summed E-state index contributed by atoms with van der Waals surface area (Å²) in [6.45, 7) is 3.91. The highest BCUT2D eigenvalue weighted by Gasteiger charge is 2.35. The minimum Gasteiger partial charge on any atom is -0.322 e. The molecule has 2 aromatic carbocycles. The number of halogens is 1. The number of carbonyl (C=O) groups is 3. The molecule has 2 aromatic heterocycles. The molecular formula is C32H27BrN4O3S2. The fraction of sp³-hybridized carbons (Fsp3) is 0.188. The van der Waals surface area contributed by atoms with Crippen LogP contribution in [0, 0.1) is 13.8 Å². The number of thiocarbonyl (C=S) groups is 1. The summed E-state index contributed by atoms with van der Waals surface area (Å²) in [6.07, 6.45) is 5.56. The van der Waals surface area contributed by atoms with E-state index in [0.717, 1.165) is 63.4 Å². The van der Waals surface area contributed by atoms with Crippen LogP contribution in [0.3, 0.4) is 0 Å². The fourth-order valence-corrected chi connectivity index (χ4v) is 7.58. The molecule has 7 nitrogen and oxygen atoms in total. The topological polar surface area (TPSA) is 83.4 Å². The second-order valence-electron chi connectivity index (χ2n) is 10.3. The normalized spacial score (nSPS) is 16.0. The highest BCUT2D eigenvalue weighted by atomic mass is 79.9. The van der Waals surface area contributed by atoms with E-state index in [2.05, 4.69) is 31.1 Å². The van der Waals surface area contributed by atoms with Crippen LogP contribution in [0.5, 0.6) is 0 Å². The zero-order chi connectivity index (χ0) is 29.5. The van der Waals surface area contributed by atoms with Gasteiger partial charge in [-0.3, -0.25) is 24.6 Å². The number of rotatable bonds is 5. The van der Waals surface area contributed by atoms with Gasteiger partial charge in [-0.25, -0.2) is 0 Å². The van der Waals surface area contributed by atoms with Crippen LogP contribution in [0.25, 0.3) is 11.1 Å². The zero-order valence-corrected chi connectivity index (χ0v) is 26.2. The fourth-order valence-electron chi connectivity index (χ4n) is 5.54. The maximum absolute atomic E-state index is 13.7. The number of aromatic nitrogens is 1. The number of amides is 3. The van der Waals surface area contributed by atoms with E-state index in [1.807, 2.05) is 62.4 Å². The molecule has 0 spiro atoms. The Hall–Kier alpha value is -3.86. The first-order valence-electron chi connectivity index (χ1n) is 13.6. The summed E-state index contributed by atoms with van der Waals surface area (Å²) in [5.74, 6) is -1.17. The molecule has 1 aliphatic heterocycles. The number of anilines is 2. The van der Waals surface area contributed by atoms with Gasteiger partial charge >= 0.3 is 0 Å². The second-order valence-corrected chi connectivity index (χ2v) is 12.7. The van der Waals surface area contributed by atoms with Crippen LogP contribution in [0.2, 0.25) is 0 Å². The van der Waals surface area contributed by atoms with E-state index in [0.29, 0.717) is 11.3 Å². The van der Waals surface area contributed by atoms with Crippen LogP contribution in [0.15, 0.2) is 70.7 Å². The smallest absolute Gasteiger partial charge is 0.270 e. The summed E-state index contributed by atoms with van der Waals surface area (Å²) < 4.78 is 2.93. The van der Waals surface area contributed by atoms with Gasteiger partial charge in [0.05, 0.1) is 11.3 Å². The molecule has 212 valence electrons. The molecule has 1 aliphatic carbocycles. The highest BCUT2D eigenvalue weighted by molar-refractivity contribution is 9.10. The molecule has 10 heteroatoms. The van der Waals surface area contributed by atoms with Crippen molar-refractivity contribution < 1.29 is 14.4 Å². The number of para-hydroxylation sites is 1. The average molecular weight is 660 g/mol. The number of benzene rings is 2. The molecule has 0 unspecified atom stereocenters. The summed E-state index contributed by atoms with van der Waals surface area (Å²) in [7, 11) is 0. The van der Waals surface area contributed by atoms with Gasteiger partial charge in [0.15, 0.2) is 5.11 Å². The summed E-state index contributed by atoms with van der Waals surface area (Å²) >= 11 is 10.4. The minimum atomic E-state index is -0.544. The lowest BCUT2D eigenvalue weighted by molar-refractivity contribution is -0.122. The Morgan fingerprint density at radius 3 is 2.50 bits per heavy atom. The molecule has 0 atom stereocenters. The Kier molecular flexibility index (Phi) is 7.69. The Bertz CT molecular complexity index is 1790. The van der Waals surface area contributed by atoms with Gasteiger partial charge in [-0.05, 0) is 111 Å². The number of nitrogens with one attached hydrogen (secondary N) is 2. The molecule has 6 rings (SSSR count). The molecule has 2 N–H and O–H groups in total. The van der Waals surface area contributed by atoms with Crippen molar-refractivity contribution in [1.29, 1.82) is 0 Å². The van der Waals surface area contributed by atoms with E-state index in [4.69, 9.17) is 12.2 Å². The van der Waals surface area contributed by atoms with Crippen LogP contribution < -0.4 is 15.5 Å². The molecule has 42 heavy (non-hydrogen) atoms. The van der Waals surface area contributed by atoms with E-state index in [1.54, 1.807) is 29.5 Å². The highest BCUT2D eigenvalue weighted by Crippen LogP contribution is 2.39. The SMILES string of the molecule is Cc1cc(C=C2C(=O)NC(=S)N(c3ccc(Br)cc3)C2=O)c(C)n1-c1sc2c(c1C(=O)Nc1ccccc1)CCCC2. The first-order valence-corrected chi connectivity index (χ1v) is 15.6. The zero-order valence-electron chi connectivity index (χ0n) is 23.0. The van der Waals surface area contributed by atoms with E-state index >= 15 is 0 Å². The molecule has 3 amide bonds. The van der Waals surface area contributed by atoms with Crippen LogP contribution >= 0.6 is 39.5 Å². The second kappa shape index (κ2) is 11.4. The summed E-state index contributed by atoms with van der Waals surface area (Å²) in [5.41, 5.74) is 5.54. The van der Waals surface area contributed by atoms with E-state index in [-0.39, 0.29) is 16.6 Å². The molecule has 3 heterocycles. The van der Waals surface area contributed by atoms with Crippen molar-refractivity contribution >= 4 is 79.8 Å². The third-order valence-corrected chi connectivity index (χ3v) is 9.66. The average Bonchev–Trinajstić information content (AvgIpc) is 3.48. The molecule has 1 fully saturated rings. The van der Waals surface area contributed by atoms with Crippen molar-refractivity contribution in [2.75, 3.05) is 10.2 Å². The number of fused-ring (bicyclic) bond motifs is 1. The van der Waals surface area contributed by atoms with E-state index in [9.17, 15) is 14.4 Å². The third-order valence-electron chi connectivity index (χ3n) is 7.57. The number of carbonyl (C=O) groups excluding carboxylic acids is 3. The lowest BCUT2D eigenvalue weighted by Gasteiger charge is -2.29. The number of nitrogens with zero attached hydrogens (tertiary/aromatic N) is 2. The largest absolute Gasteiger partial charge is 0.322 e. The predicted octanol–water partition coefficient (Wildman–Crippen LogP) is 6.88. The van der Waals surface area contributed by atoms with Gasteiger partial charge in [0.2, 0.25) is 0 Å². The van der Waals surface area contributed by atoms with Gasteiger partial charge in [0.25, 0.3) is 17.7 Å². The summed E-state index contributed by atoms with van der Waals surface area (Å²) in [4.78, 5) is 42.9. The number of hydrogen-bond donors (Lipinski definition) is 2. The number of aryl methyl sites for hydroxylation is 2. The van der Waals surface area contributed by atoms with Crippen LogP contribution in [-0.2, 0) is 22.4 Å². The molecule has 2 aliphatic rings. The Labute approximate surface area is 261 Å². The van der Waals surface area contributed by atoms with E-state index in [1.165, 1.54) is 9.78 Å². The van der Waals surface area contributed by atoms with Crippen molar-refractivity contribution in [2.45, 2.75) is 39.5 Å². The molecule has 0 bridgehead atoms. The molecule has 4 aromatic rings. The summed E-state index contributed by atoms with van der Waals surface area (Å²) in [5, 5.41) is 6.62. The van der Waals surface area contributed by atoms with Crippen LogP contribution in [0.1, 0.15) is 50.6 Å². The van der Waals surface area contributed by atoms with E-state index < -0.39 is 11.8 Å². The van der Waals surface area contributed by atoms with Gasteiger partial charge < -0.3 is 9.88 Å². The van der Waals surface area contributed by atoms with Crippen molar-refractivity contribution in [3.63, 3.8) is 0 Å². The van der Waals surface area contributed by atoms with Gasteiger partial charge in [-0.1, -0.05) is 34.1 Å². The van der Waals surface area contributed by atoms with Gasteiger partial charge in [-0.2, -0.15) is 0 Å². The lowest BCUT2D eigenvalue weighted by atomic mass is 9.95. The van der Waals surface area contributed by atoms with Crippen molar-refractivity contribution in [3.05, 3.63) is 104 Å². The Morgan fingerprint density at radius 2 is 1.76 bits per heavy atom. The van der Waals surface area contributed by atoms with Crippen LogP contribution in [0.4, 0.5) is 11.4 Å². The first-order chi connectivity index (χ1) is 20.2. The van der Waals surface area contributed by atoms with Crippen molar-refractivity contribution in [3.8, 4) is 5.00 Å². The molecular weight excluding hydrogens is 632 g/mol. The van der Waals surface area contributed by atoms with Crippen molar-refractivity contribution in [2.24, 2.45) is 0 Å². The third kappa shape index (κ3) is 5.14. The monoisotopic (exact) mass is 658 g/mol. The maximum atomic E-state index is 13.7. The first kappa shape index (κ1) is 28.3. The maximum Gasteiger partial charge on any atom is 0.270 e. The minimum absolute atomic E-state index is 0.0145. The van der Waals surface area contributed by atoms with Gasteiger partial charge in [-0.15, -0.1) is 11.3 Å². The quantitative estimate of drug-likeness (QED) is 0.139. The molecule has 0 saturated carbocycles. The Morgan fingerprint density at radius 1 is 1.05 bits per heavy atom. The number of thiophene rings is 1. The lowest BCUT2D eigenvalue weighted by Crippen LogP contribution is -2.54. The van der Waals surface area contributed by atoms with Gasteiger partial charge in [0.1, 0.15) is 10.6 Å². The van der Waals surface area contributed by atoms with Crippen LogP contribution in [-0.4, -0.2) is 27.4 Å². The summed E-state index contributed by atoms with van der Waals surface area (Å²) in [6, 6.07) is 18.5. The van der Waals surface area contributed by atoms with Gasteiger partial charge in [0, 0.05) is 26.4 Å². The number of hydrogen-bond acceptors (Lipinski definition) is 5. The molecule has 0 radical (unpaired) electrons. The Balaban J connectivity index is 1.41. The standard InChI is InChI=1S/C32H27BrN4O3S2/c1-18-16-20(17-25-28(38)35-32(41)37(30(25)40)23-14-12-21(33)13-15-23)19(2)36(18)31-27(24-10-6-7-11-26(24)42-31)29(39)34-22-8-4-3-5-9-22/h3-5,8-9,12-17H,6-7,10-11H2,1-2H3,(H,34,39)(H,35,38,41). The van der Waals surface area contributed by atoms with Crippen molar-refractivity contribution in [1.82, 2.24) is 9.88 Å². The molecule has 1 saturated heterocycles. The predicted molar refractivity (Wildman–Crippen MR) is 175 cm³/mol.